The molecule has 0 saturated heterocycles. The van der Waals surface area contributed by atoms with Gasteiger partial charge in [0.1, 0.15) is 0 Å². The number of guanidine groups is 1. The van der Waals surface area contributed by atoms with E-state index in [1.54, 1.807) is 7.11 Å². The Balaban J connectivity index is 2.16. The second-order valence-corrected chi connectivity index (χ2v) is 4.04. The summed E-state index contributed by atoms with van der Waals surface area (Å²) in [6.45, 7) is 3.76. The standard InChI is InChI=1S/C12H18N4O/c1-3-6-16-10(8-15-12(16)13)9-4-5-11(17-2)14-7-9/h4-5,7,10H,3,6,8H2,1-2H3,(H2,13,15). The maximum atomic E-state index is 5.88. The van der Waals surface area contributed by atoms with Gasteiger partial charge < -0.3 is 15.4 Å². The number of pyridine rings is 1. The van der Waals surface area contributed by atoms with Crippen LogP contribution in [0.4, 0.5) is 0 Å². The predicted molar refractivity (Wildman–Crippen MR) is 67.0 cm³/mol. The molecule has 0 saturated carbocycles. The molecule has 5 heteroatoms. The molecule has 0 aliphatic carbocycles. The molecule has 0 aromatic carbocycles. The van der Waals surface area contributed by atoms with Crippen LogP contribution in [0.25, 0.3) is 0 Å². The summed E-state index contributed by atoms with van der Waals surface area (Å²) < 4.78 is 5.05. The van der Waals surface area contributed by atoms with Crippen molar-refractivity contribution in [2.24, 2.45) is 10.7 Å². The Hall–Kier alpha value is -1.78. The summed E-state index contributed by atoms with van der Waals surface area (Å²) >= 11 is 0. The zero-order valence-corrected chi connectivity index (χ0v) is 10.3. The van der Waals surface area contributed by atoms with Crippen molar-refractivity contribution in [3.8, 4) is 5.88 Å². The highest BCUT2D eigenvalue weighted by atomic mass is 16.5. The summed E-state index contributed by atoms with van der Waals surface area (Å²) in [5.74, 6) is 1.26. The number of ether oxygens (including phenoxy) is 1. The third kappa shape index (κ3) is 2.33. The monoisotopic (exact) mass is 234 g/mol. The molecule has 0 spiro atoms. The van der Waals surface area contributed by atoms with Gasteiger partial charge in [0.05, 0.1) is 19.7 Å². The first-order chi connectivity index (χ1) is 8.26. The van der Waals surface area contributed by atoms with Crippen molar-refractivity contribution >= 4 is 5.96 Å². The third-order valence-electron chi connectivity index (χ3n) is 2.91. The van der Waals surface area contributed by atoms with Crippen LogP contribution < -0.4 is 10.5 Å². The second-order valence-electron chi connectivity index (χ2n) is 4.04. The van der Waals surface area contributed by atoms with Gasteiger partial charge in [-0.1, -0.05) is 6.92 Å². The highest BCUT2D eigenvalue weighted by Crippen LogP contribution is 2.25. The van der Waals surface area contributed by atoms with Gasteiger partial charge in [-0.15, -0.1) is 0 Å². The van der Waals surface area contributed by atoms with E-state index in [-0.39, 0.29) is 6.04 Å². The third-order valence-corrected chi connectivity index (χ3v) is 2.91. The molecule has 92 valence electrons. The summed E-state index contributed by atoms with van der Waals surface area (Å²) in [5, 5.41) is 0. The molecule has 1 atom stereocenters. The fourth-order valence-electron chi connectivity index (χ4n) is 2.04. The van der Waals surface area contributed by atoms with Crippen molar-refractivity contribution < 1.29 is 4.74 Å². The van der Waals surface area contributed by atoms with Crippen molar-refractivity contribution in [3.63, 3.8) is 0 Å². The van der Waals surface area contributed by atoms with Crippen LogP contribution in [0.2, 0.25) is 0 Å². The largest absolute Gasteiger partial charge is 0.481 e. The van der Waals surface area contributed by atoms with E-state index in [4.69, 9.17) is 10.5 Å². The van der Waals surface area contributed by atoms with Gasteiger partial charge >= 0.3 is 0 Å². The zero-order chi connectivity index (χ0) is 12.3. The van der Waals surface area contributed by atoms with E-state index in [1.165, 1.54) is 0 Å². The molecular formula is C12H18N4O. The SMILES string of the molecule is CCCN1C(N)=NCC1c1ccc(OC)nc1. The highest BCUT2D eigenvalue weighted by Gasteiger charge is 2.26. The normalized spacial score (nSPS) is 19.3. The molecule has 0 bridgehead atoms. The van der Waals surface area contributed by atoms with Gasteiger partial charge in [0.15, 0.2) is 5.96 Å². The Morgan fingerprint density at radius 1 is 1.53 bits per heavy atom. The molecule has 1 unspecified atom stereocenters. The van der Waals surface area contributed by atoms with Gasteiger partial charge in [0.2, 0.25) is 5.88 Å². The van der Waals surface area contributed by atoms with Crippen LogP contribution in [0, 0.1) is 0 Å². The highest BCUT2D eigenvalue weighted by molar-refractivity contribution is 5.80. The van der Waals surface area contributed by atoms with E-state index in [9.17, 15) is 0 Å². The van der Waals surface area contributed by atoms with Crippen LogP contribution in [-0.2, 0) is 0 Å². The molecular weight excluding hydrogens is 216 g/mol. The van der Waals surface area contributed by atoms with Gasteiger partial charge in [0, 0.05) is 18.8 Å². The molecule has 5 nitrogen and oxygen atoms in total. The van der Waals surface area contributed by atoms with Gasteiger partial charge in [-0.05, 0) is 18.1 Å². The minimum Gasteiger partial charge on any atom is -0.481 e. The Morgan fingerprint density at radius 3 is 2.94 bits per heavy atom. The lowest BCUT2D eigenvalue weighted by atomic mass is 10.1. The smallest absolute Gasteiger partial charge is 0.212 e. The predicted octanol–water partition coefficient (Wildman–Crippen LogP) is 1.17. The van der Waals surface area contributed by atoms with Crippen molar-refractivity contribution in [3.05, 3.63) is 23.9 Å². The quantitative estimate of drug-likeness (QED) is 0.849. The maximum absolute atomic E-state index is 5.88. The van der Waals surface area contributed by atoms with E-state index in [0.29, 0.717) is 18.4 Å². The van der Waals surface area contributed by atoms with E-state index in [2.05, 4.69) is 21.8 Å². The van der Waals surface area contributed by atoms with E-state index < -0.39 is 0 Å². The molecule has 2 rings (SSSR count). The second kappa shape index (κ2) is 5.03. The van der Waals surface area contributed by atoms with E-state index in [0.717, 1.165) is 18.5 Å². The lowest BCUT2D eigenvalue weighted by Crippen LogP contribution is -2.36. The first-order valence-corrected chi connectivity index (χ1v) is 5.82. The number of nitrogens with zero attached hydrogens (tertiary/aromatic N) is 3. The number of hydrogen-bond acceptors (Lipinski definition) is 5. The zero-order valence-electron chi connectivity index (χ0n) is 10.3. The lowest BCUT2D eigenvalue weighted by Gasteiger charge is -2.25. The van der Waals surface area contributed by atoms with E-state index >= 15 is 0 Å². The molecule has 1 aliphatic heterocycles. The van der Waals surface area contributed by atoms with Crippen LogP contribution >= 0.6 is 0 Å². The molecule has 0 fully saturated rings. The van der Waals surface area contributed by atoms with Crippen LogP contribution in [0.15, 0.2) is 23.3 Å². The Bertz CT molecular complexity index is 401. The fourth-order valence-corrected chi connectivity index (χ4v) is 2.04. The van der Waals surface area contributed by atoms with Gasteiger partial charge in [-0.2, -0.15) is 0 Å². The summed E-state index contributed by atoms with van der Waals surface area (Å²) in [6, 6.07) is 4.11. The van der Waals surface area contributed by atoms with Crippen molar-refractivity contribution in [2.45, 2.75) is 19.4 Å². The fraction of sp³-hybridized carbons (Fsp3) is 0.500. The first-order valence-electron chi connectivity index (χ1n) is 5.82. The molecule has 1 aromatic rings. The molecule has 1 aliphatic rings. The lowest BCUT2D eigenvalue weighted by molar-refractivity contribution is 0.345. The number of rotatable bonds is 4. The summed E-state index contributed by atoms with van der Waals surface area (Å²) in [7, 11) is 1.61. The Kier molecular flexibility index (Phi) is 3.46. The van der Waals surface area contributed by atoms with Crippen molar-refractivity contribution in [1.82, 2.24) is 9.88 Å². The van der Waals surface area contributed by atoms with Gasteiger partial charge in [0.25, 0.3) is 0 Å². The first kappa shape index (κ1) is 11.7. The maximum Gasteiger partial charge on any atom is 0.212 e. The molecule has 2 N–H and O–H groups in total. The molecule has 17 heavy (non-hydrogen) atoms. The molecule has 2 heterocycles. The average Bonchev–Trinajstić information content (AvgIpc) is 2.72. The summed E-state index contributed by atoms with van der Waals surface area (Å²) in [5.41, 5.74) is 7.01. The molecule has 0 radical (unpaired) electrons. The van der Waals surface area contributed by atoms with Crippen molar-refractivity contribution in [2.75, 3.05) is 20.2 Å². The van der Waals surface area contributed by atoms with Crippen molar-refractivity contribution in [1.29, 1.82) is 0 Å². The van der Waals surface area contributed by atoms with Gasteiger partial charge in [-0.3, -0.25) is 4.99 Å². The minimum absolute atomic E-state index is 0.216. The summed E-state index contributed by atoms with van der Waals surface area (Å²) in [6.07, 6.45) is 2.89. The minimum atomic E-state index is 0.216. The molecule has 1 aromatic heterocycles. The number of hydrogen-bond donors (Lipinski definition) is 1. The van der Waals surface area contributed by atoms with Gasteiger partial charge in [-0.25, -0.2) is 4.98 Å². The average molecular weight is 234 g/mol. The van der Waals surface area contributed by atoms with E-state index in [1.807, 2.05) is 18.3 Å². The summed E-state index contributed by atoms with van der Waals surface area (Å²) in [4.78, 5) is 10.6. The van der Waals surface area contributed by atoms with Crippen LogP contribution in [-0.4, -0.2) is 36.0 Å². The van der Waals surface area contributed by atoms with Crippen LogP contribution in [0.1, 0.15) is 24.9 Å². The Morgan fingerprint density at radius 2 is 2.35 bits per heavy atom. The van der Waals surface area contributed by atoms with Crippen LogP contribution in [0.5, 0.6) is 5.88 Å². The number of aliphatic imine (C=N–C) groups is 1. The molecule has 0 amide bonds. The number of nitrogens with two attached hydrogens (primary N) is 1. The Labute approximate surface area is 101 Å². The topological polar surface area (TPSA) is 63.7 Å². The van der Waals surface area contributed by atoms with Crippen LogP contribution in [0.3, 0.4) is 0 Å². The number of methoxy groups -OCH3 is 1. The number of aromatic nitrogens is 1.